The number of aromatic nitrogens is 3. The molecule has 0 radical (unpaired) electrons. The lowest BCUT2D eigenvalue weighted by atomic mass is 10.1. The number of nitrogens with zero attached hydrogens (tertiary/aromatic N) is 4. The monoisotopic (exact) mass is 420 g/mol. The summed E-state index contributed by atoms with van der Waals surface area (Å²) in [6.07, 6.45) is 3.19. The molecular weight excluding hydrogens is 392 g/mol. The summed E-state index contributed by atoms with van der Waals surface area (Å²) in [4.78, 5) is 4.67. The van der Waals surface area contributed by atoms with Crippen LogP contribution in [0.4, 0.5) is 0 Å². The second-order valence-corrected chi connectivity index (χ2v) is 7.44. The largest absolute Gasteiger partial charge is 0.497 e. The molecule has 0 saturated carbocycles. The minimum absolute atomic E-state index is 0.232. The first kappa shape index (κ1) is 21.4. The fourth-order valence-corrected chi connectivity index (χ4v) is 3.37. The molecule has 1 atom stereocenters. The third kappa shape index (κ3) is 6.08. The number of ether oxygens (including phenoxy) is 2. The Bertz CT molecular complexity index is 832. The summed E-state index contributed by atoms with van der Waals surface area (Å²) in [5.41, 5.74) is 1.06. The van der Waals surface area contributed by atoms with Crippen molar-refractivity contribution in [3.63, 3.8) is 0 Å². The van der Waals surface area contributed by atoms with E-state index in [1.54, 1.807) is 7.11 Å². The van der Waals surface area contributed by atoms with Gasteiger partial charge in [-0.25, -0.2) is 4.99 Å². The molecule has 1 aliphatic heterocycles. The van der Waals surface area contributed by atoms with Crippen molar-refractivity contribution >= 4 is 17.6 Å². The third-order valence-corrected chi connectivity index (χ3v) is 5.38. The Balaban J connectivity index is 1.59. The number of benzene rings is 1. The van der Waals surface area contributed by atoms with Crippen molar-refractivity contribution in [1.29, 1.82) is 0 Å². The number of hydrogen-bond donors (Lipinski definition) is 2. The Morgan fingerprint density at radius 3 is 2.90 bits per heavy atom. The summed E-state index contributed by atoms with van der Waals surface area (Å²) in [7, 11) is 3.58. The van der Waals surface area contributed by atoms with Gasteiger partial charge in [-0.3, -0.25) is 0 Å². The number of aliphatic imine (C=N–C) groups is 1. The molecule has 1 aliphatic rings. The fraction of sp³-hybridized carbons (Fsp3) is 0.550. The number of guanidine groups is 1. The van der Waals surface area contributed by atoms with E-state index in [1.807, 2.05) is 36.7 Å². The maximum absolute atomic E-state index is 6.34. The highest BCUT2D eigenvalue weighted by Gasteiger charge is 2.16. The zero-order chi connectivity index (χ0) is 20.6. The smallest absolute Gasteiger partial charge is 0.191 e. The Morgan fingerprint density at radius 2 is 2.24 bits per heavy atom. The number of nitrogens with one attached hydrogen (secondary N) is 2. The summed E-state index contributed by atoms with van der Waals surface area (Å²) in [5, 5.41) is 15.7. The topological polar surface area (TPSA) is 85.6 Å². The van der Waals surface area contributed by atoms with Crippen LogP contribution in [0.5, 0.6) is 5.75 Å². The highest BCUT2D eigenvalue weighted by Crippen LogP contribution is 2.22. The number of halogens is 1. The number of aryl methyl sites for hydroxylation is 1. The quantitative estimate of drug-likeness (QED) is 0.503. The average Bonchev–Trinajstić information content (AvgIpc) is 3.35. The molecule has 8 nitrogen and oxygen atoms in total. The van der Waals surface area contributed by atoms with Crippen molar-refractivity contribution < 1.29 is 9.47 Å². The van der Waals surface area contributed by atoms with E-state index in [-0.39, 0.29) is 6.10 Å². The van der Waals surface area contributed by atoms with E-state index in [1.165, 1.54) is 0 Å². The molecule has 2 aromatic rings. The number of methoxy groups -OCH3 is 1. The van der Waals surface area contributed by atoms with Gasteiger partial charge in [-0.15, -0.1) is 10.2 Å². The molecule has 0 amide bonds. The van der Waals surface area contributed by atoms with Crippen LogP contribution in [0.2, 0.25) is 5.02 Å². The lowest BCUT2D eigenvalue weighted by Gasteiger charge is -2.16. The molecule has 1 saturated heterocycles. The molecule has 1 aromatic heterocycles. The lowest BCUT2D eigenvalue weighted by Crippen LogP contribution is -2.42. The average molecular weight is 421 g/mol. The zero-order valence-corrected chi connectivity index (χ0v) is 18.0. The van der Waals surface area contributed by atoms with Crippen LogP contribution in [0.15, 0.2) is 23.2 Å². The first-order valence-corrected chi connectivity index (χ1v) is 10.3. The van der Waals surface area contributed by atoms with Gasteiger partial charge in [-0.05, 0) is 43.9 Å². The number of rotatable bonds is 8. The molecule has 2 N–H and O–H groups in total. The molecule has 1 aromatic carbocycles. The van der Waals surface area contributed by atoms with Gasteiger partial charge in [0.05, 0.1) is 13.2 Å². The molecule has 158 valence electrons. The van der Waals surface area contributed by atoms with E-state index in [9.17, 15) is 0 Å². The minimum Gasteiger partial charge on any atom is -0.497 e. The molecule has 9 heteroatoms. The standard InChI is InChI=1S/C20H29ClN6O2/c1-14-25-26-19(27(14)2)13-24-20(23-12-17-5-4-10-29-17)22-9-8-15-6-7-16(28-3)11-18(15)21/h6-7,11,17H,4-5,8-10,12-13H2,1-3H3,(H2,22,23,24). The van der Waals surface area contributed by atoms with Crippen LogP contribution in [-0.4, -0.2) is 53.6 Å². The van der Waals surface area contributed by atoms with Crippen molar-refractivity contribution in [2.75, 3.05) is 26.8 Å². The Hall–Kier alpha value is -2.32. The molecule has 29 heavy (non-hydrogen) atoms. The van der Waals surface area contributed by atoms with E-state index in [2.05, 4.69) is 25.8 Å². The van der Waals surface area contributed by atoms with Gasteiger partial charge in [0, 0.05) is 31.8 Å². The van der Waals surface area contributed by atoms with Crippen LogP contribution in [-0.2, 0) is 24.8 Å². The summed E-state index contributed by atoms with van der Waals surface area (Å²) < 4.78 is 12.8. The second-order valence-electron chi connectivity index (χ2n) is 7.04. The molecule has 1 fully saturated rings. The zero-order valence-electron chi connectivity index (χ0n) is 17.2. The van der Waals surface area contributed by atoms with Crippen LogP contribution in [0.3, 0.4) is 0 Å². The summed E-state index contributed by atoms with van der Waals surface area (Å²) in [5.74, 6) is 3.17. The van der Waals surface area contributed by atoms with Gasteiger partial charge in [-0.2, -0.15) is 0 Å². The summed E-state index contributed by atoms with van der Waals surface area (Å²) in [6, 6.07) is 5.74. The van der Waals surface area contributed by atoms with Crippen LogP contribution < -0.4 is 15.4 Å². The van der Waals surface area contributed by atoms with Crippen molar-refractivity contribution in [2.45, 2.75) is 38.8 Å². The van der Waals surface area contributed by atoms with E-state index in [0.29, 0.717) is 18.1 Å². The predicted molar refractivity (Wildman–Crippen MR) is 114 cm³/mol. The SMILES string of the molecule is COc1ccc(CCNC(=NCc2nnc(C)n2C)NCC2CCCO2)c(Cl)c1. The third-order valence-electron chi connectivity index (χ3n) is 5.03. The van der Waals surface area contributed by atoms with Gasteiger partial charge in [0.15, 0.2) is 11.8 Å². The van der Waals surface area contributed by atoms with Gasteiger partial charge in [0.25, 0.3) is 0 Å². The number of hydrogen-bond acceptors (Lipinski definition) is 5. The lowest BCUT2D eigenvalue weighted by molar-refractivity contribution is 0.114. The second kappa shape index (κ2) is 10.5. The predicted octanol–water partition coefficient (Wildman–Crippen LogP) is 2.24. The van der Waals surface area contributed by atoms with Gasteiger partial charge >= 0.3 is 0 Å². The molecule has 3 rings (SSSR count). The van der Waals surface area contributed by atoms with Crippen LogP contribution in [0.1, 0.15) is 30.1 Å². The van der Waals surface area contributed by atoms with E-state index in [4.69, 9.17) is 21.1 Å². The molecule has 0 aliphatic carbocycles. The highest BCUT2D eigenvalue weighted by atomic mass is 35.5. The molecule has 1 unspecified atom stereocenters. The van der Waals surface area contributed by atoms with Crippen LogP contribution in [0.25, 0.3) is 0 Å². The maximum Gasteiger partial charge on any atom is 0.191 e. The molecule has 0 bridgehead atoms. The van der Waals surface area contributed by atoms with E-state index in [0.717, 1.165) is 61.3 Å². The molecule has 2 heterocycles. The fourth-order valence-electron chi connectivity index (χ4n) is 3.10. The van der Waals surface area contributed by atoms with E-state index < -0.39 is 0 Å². The highest BCUT2D eigenvalue weighted by molar-refractivity contribution is 6.31. The Morgan fingerprint density at radius 1 is 1.38 bits per heavy atom. The normalized spacial score (nSPS) is 16.8. The first-order chi connectivity index (χ1) is 14.1. The van der Waals surface area contributed by atoms with Gasteiger partial charge < -0.3 is 24.7 Å². The van der Waals surface area contributed by atoms with Crippen LogP contribution in [0, 0.1) is 6.92 Å². The van der Waals surface area contributed by atoms with Crippen molar-refractivity contribution in [1.82, 2.24) is 25.4 Å². The van der Waals surface area contributed by atoms with Gasteiger partial charge in [0.2, 0.25) is 0 Å². The summed E-state index contributed by atoms with van der Waals surface area (Å²) in [6.45, 7) is 4.63. The van der Waals surface area contributed by atoms with E-state index >= 15 is 0 Å². The van der Waals surface area contributed by atoms with Crippen molar-refractivity contribution in [2.24, 2.45) is 12.0 Å². The van der Waals surface area contributed by atoms with Crippen LogP contribution >= 0.6 is 11.6 Å². The summed E-state index contributed by atoms with van der Waals surface area (Å²) >= 11 is 6.34. The first-order valence-electron chi connectivity index (χ1n) is 9.88. The minimum atomic E-state index is 0.232. The van der Waals surface area contributed by atoms with Gasteiger partial charge in [-0.1, -0.05) is 17.7 Å². The van der Waals surface area contributed by atoms with Crippen molar-refractivity contribution in [3.05, 3.63) is 40.4 Å². The molecular formula is C20H29ClN6O2. The van der Waals surface area contributed by atoms with Crippen molar-refractivity contribution in [3.8, 4) is 5.75 Å². The maximum atomic E-state index is 6.34. The Labute approximate surface area is 176 Å². The van der Waals surface area contributed by atoms with Gasteiger partial charge in [0.1, 0.15) is 18.1 Å². The molecule has 0 spiro atoms. The Kier molecular flexibility index (Phi) is 7.71.